The standard InChI is InChI=1S/C40H44O6/c1-3-5-26-45-40(4-2)39(44-30-35-24-16-9-17-25-35)38(43-29-34-22-14-8-15-23-34)37(42-28-33-20-12-7-13-21-33)36(46-40)31-41-27-32-18-10-6-11-19-32/h3-4,6-25,36-39H,1-2,5,26-31H2/t36-,37-,38+,39-,40+/m1/s1. The van der Waals surface area contributed by atoms with Gasteiger partial charge in [-0.15, -0.1) is 6.58 Å². The van der Waals surface area contributed by atoms with Crippen molar-refractivity contribution >= 4 is 0 Å². The van der Waals surface area contributed by atoms with Crippen molar-refractivity contribution in [3.63, 3.8) is 0 Å². The summed E-state index contributed by atoms with van der Waals surface area (Å²) in [5.74, 6) is -1.34. The first-order chi connectivity index (χ1) is 22.7. The largest absolute Gasteiger partial charge is 0.374 e. The third kappa shape index (κ3) is 9.33. The quantitative estimate of drug-likeness (QED) is 0.0835. The van der Waals surface area contributed by atoms with Crippen molar-refractivity contribution < 1.29 is 28.4 Å². The van der Waals surface area contributed by atoms with Crippen LogP contribution in [-0.4, -0.2) is 43.4 Å². The van der Waals surface area contributed by atoms with Crippen LogP contribution in [0.25, 0.3) is 0 Å². The van der Waals surface area contributed by atoms with Gasteiger partial charge in [-0.2, -0.15) is 0 Å². The van der Waals surface area contributed by atoms with Crippen LogP contribution in [0.4, 0.5) is 0 Å². The van der Waals surface area contributed by atoms with Gasteiger partial charge in [0.1, 0.15) is 24.4 Å². The van der Waals surface area contributed by atoms with Crippen molar-refractivity contribution in [2.75, 3.05) is 13.2 Å². The number of benzene rings is 4. The van der Waals surface area contributed by atoms with Gasteiger partial charge >= 0.3 is 0 Å². The summed E-state index contributed by atoms with van der Waals surface area (Å²) in [6.45, 7) is 10.1. The molecule has 1 saturated heterocycles. The molecular weight excluding hydrogens is 576 g/mol. The topological polar surface area (TPSA) is 55.4 Å². The number of hydrogen-bond donors (Lipinski definition) is 0. The first-order valence-electron chi connectivity index (χ1n) is 15.9. The fourth-order valence-corrected chi connectivity index (χ4v) is 5.51. The van der Waals surface area contributed by atoms with E-state index in [0.29, 0.717) is 39.5 Å². The first kappa shape index (κ1) is 33.5. The van der Waals surface area contributed by atoms with E-state index in [1.807, 2.05) is 127 Å². The maximum absolute atomic E-state index is 6.86. The highest BCUT2D eigenvalue weighted by Gasteiger charge is 2.56. The summed E-state index contributed by atoms with van der Waals surface area (Å²) in [5, 5.41) is 0. The fraction of sp³-hybridized carbons (Fsp3) is 0.300. The molecule has 1 heterocycles. The maximum Gasteiger partial charge on any atom is 0.217 e. The second-order valence-corrected chi connectivity index (χ2v) is 11.2. The van der Waals surface area contributed by atoms with Crippen LogP contribution >= 0.6 is 0 Å². The molecule has 6 heteroatoms. The predicted octanol–water partition coefficient (Wildman–Crippen LogP) is 7.83. The van der Waals surface area contributed by atoms with E-state index < -0.39 is 30.2 Å². The van der Waals surface area contributed by atoms with Gasteiger partial charge in [0.25, 0.3) is 0 Å². The number of rotatable bonds is 18. The molecule has 1 fully saturated rings. The second-order valence-electron chi connectivity index (χ2n) is 11.2. The Balaban J connectivity index is 1.49. The molecule has 5 rings (SSSR count). The molecule has 240 valence electrons. The van der Waals surface area contributed by atoms with Crippen molar-refractivity contribution in [1.29, 1.82) is 0 Å². The lowest BCUT2D eigenvalue weighted by Crippen LogP contribution is -2.67. The lowest BCUT2D eigenvalue weighted by atomic mass is 9.91. The minimum Gasteiger partial charge on any atom is -0.374 e. The number of hydrogen-bond acceptors (Lipinski definition) is 6. The van der Waals surface area contributed by atoms with Gasteiger partial charge < -0.3 is 28.4 Å². The van der Waals surface area contributed by atoms with Crippen LogP contribution in [0.3, 0.4) is 0 Å². The molecular formula is C40H44O6. The van der Waals surface area contributed by atoms with E-state index in [1.165, 1.54) is 0 Å². The molecule has 6 nitrogen and oxygen atoms in total. The molecule has 1 aliphatic heterocycles. The SMILES string of the molecule is C=CCCO[C@@]1(C=C)O[C@H](COCc2ccccc2)[C@@H](OCc2ccccc2)[C@H](OCc2ccccc2)[C@H]1OCc1ccccc1. The molecule has 4 aromatic rings. The molecule has 0 bridgehead atoms. The van der Waals surface area contributed by atoms with Gasteiger partial charge in [-0.3, -0.25) is 0 Å². The summed E-state index contributed by atoms with van der Waals surface area (Å²) in [5.41, 5.74) is 4.16. The minimum atomic E-state index is -1.34. The Hall–Kier alpha value is -3.88. The molecule has 46 heavy (non-hydrogen) atoms. The molecule has 5 atom stereocenters. The predicted molar refractivity (Wildman–Crippen MR) is 180 cm³/mol. The van der Waals surface area contributed by atoms with E-state index in [4.69, 9.17) is 28.4 Å². The lowest BCUT2D eigenvalue weighted by Gasteiger charge is -2.51. The molecule has 0 spiro atoms. The van der Waals surface area contributed by atoms with Crippen LogP contribution in [0.15, 0.2) is 147 Å². The average Bonchev–Trinajstić information content (AvgIpc) is 3.11. The Morgan fingerprint density at radius 1 is 0.587 bits per heavy atom. The van der Waals surface area contributed by atoms with Gasteiger partial charge in [0.15, 0.2) is 0 Å². The van der Waals surface area contributed by atoms with E-state index >= 15 is 0 Å². The zero-order chi connectivity index (χ0) is 31.9. The first-order valence-corrected chi connectivity index (χ1v) is 15.9. The van der Waals surface area contributed by atoms with E-state index in [9.17, 15) is 0 Å². The molecule has 0 amide bonds. The summed E-state index contributed by atoms with van der Waals surface area (Å²) in [6.07, 6.45) is 1.68. The smallest absolute Gasteiger partial charge is 0.217 e. The van der Waals surface area contributed by atoms with Gasteiger partial charge in [0, 0.05) is 0 Å². The summed E-state index contributed by atoms with van der Waals surface area (Å²) in [4.78, 5) is 0. The molecule has 0 aliphatic carbocycles. The zero-order valence-electron chi connectivity index (χ0n) is 26.3. The molecule has 0 unspecified atom stereocenters. The van der Waals surface area contributed by atoms with Gasteiger partial charge in [-0.05, 0) is 34.8 Å². The van der Waals surface area contributed by atoms with Crippen molar-refractivity contribution in [3.05, 3.63) is 169 Å². The van der Waals surface area contributed by atoms with Crippen LogP contribution in [0.5, 0.6) is 0 Å². The highest BCUT2D eigenvalue weighted by Crippen LogP contribution is 2.39. The molecule has 0 radical (unpaired) electrons. The summed E-state index contributed by atoms with van der Waals surface area (Å²) < 4.78 is 39.9. The van der Waals surface area contributed by atoms with Gasteiger partial charge in [0.05, 0.1) is 39.6 Å². The van der Waals surface area contributed by atoms with Crippen molar-refractivity contribution in [2.45, 2.75) is 63.1 Å². The average molecular weight is 621 g/mol. The van der Waals surface area contributed by atoms with Crippen LogP contribution in [-0.2, 0) is 54.8 Å². The van der Waals surface area contributed by atoms with Crippen LogP contribution < -0.4 is 0 Å². The Labute approximate surface area is 273 Å². The third-order valence-corrected chi connectivity index (χ3v) is 7.89. The lowest BCUT2D eigenvalue weighted by molar-refractivity contribution is -0.363. The van der Waals surface area contributed by atoms with Crippen LogP contribution in [0, 0.1) is 0 Å². The van der Waals surface area contributed by atoms with Crippen molar-refractivity contribution in [2.24, 2.45) is 0 Å². The van der Waals surface area contributed by atoms with Gasteiger partial charge in [-0.1, -0.05) is 134 Å². The highest BCUT2D eigenvalue weighted by atomic mass is 16.7. The summed E-state index contributed by atoms with van der Waals surface area (Å²) >= 11 is 0. The number of ether oxygens (including phenoxy) is 6. The molecule has 0 saturated carbocycles. The highest BCUT2D eigenvalue weighted by molar-refractivity contribution is 5.17. The summed E-state index contributed by atoms with van der Waals surface area (Å²) in [7, 11) is 0. The van der Waals surface area contributed by atoms with Crippen LogP contribution in [0.2, 0.25) is 0 Å². The maximum atomic E-state index is 6.86. The Morgan fingerprint density at radius 2 is 1.04 bits per heavy atom. The zero-order valence-corrected chi connectivity index (χ0v) is 26.3. The van der Waals surface area contributed by atoms with E-state index in [0.717, 1.165) is 22.3 Å². The monoisotopic (exact) mass is 620 g/mol. The minimum absolute atomic E-state index is 0.241. The normalized spacial score (nSPS) is 22.7. The van der Waals surface area contributed by atoms with E-state index in [1.54, 1.807) is 6.08 Å². The summed E-state index contributed by atoms with van der Waals surface area (Å²) in [6, 6.07) is 40.3. The van der Waals surface area contributed by atoms with Gasteiger partial charge in [-0.25, -0.2) is 0 Å². The Kier molecular flexibility index (Phi) is 12.9. The fourth-order valence-electron chi connectivity index (χ4n) is 5.51. The third-order valence-electron chi connectivity index (χ3n) is 7.89. The van der Waals surface area contributed by atoms with E-state index in [2.05, 4.69) is 13.2 Å². The van der Waals surface area contributed by atoms with E-state index in [-0.39, 0.29) is 6.61 Å². The second kappa shape index (κ2) is 17.7. The van der Waals surface area contributed by atoms with Gasteiger partial charge in [0.2, 0.25) is 5.79 Å². The van der Waals surface area contributed by atoms with Crippen molar-refractivity contribution in [3.8, 4) is 0 Å². The Bertz CT molecular complexity index is 1430. The molecule has 0 aromatic heterocycles. The van der Waals surface area contributed by atoms with Crippen LogP contribution in [0.1, 0.15) is 28.7 Å². The molecule has 0 N–H and O–H groups in total. The Morgan fingerprint density at radius 3 is 1.52 bits per heavy atom. The molecule has 1 aliphatic rings. The molecule has 4 aromatic carbocycles. The van der Waals surface area contributed by atoms with Crippen molar-refractivity contribution in [1.82, 2.24) is 0 Å².